The number of carbonyl (C=O) groups is 1. The lowest BCUT2D eigenvalue weighted by Gasteiger charge is -2.20. The monoisotopic (exact) mass is 355 g/mol. The summed E-state index contributed by atoms with van der Waals surface area (Å²) in [5.41, 5.74) is 0.998. The predicted molar refractivity (Wildman–Crippen MR) is 107 cm³/mol. The van der Waals surface area contributed by atoms with Crippen molar-refractivity contribution in [3.05, 3.63) is 54.1 Å². The number of amides is 1. The third-order valence-corrected chi connectivity index (χ3v) is 4.85. The Labute approximate surface area is 157 Å². The predicted octanol–water partition coefficient (Wildman–Crippen LogP) is 3.11. The van der Waals surface area contributed by atoms with Gasteiger partial charge < -0.3 is 15.4 Å². The van der Waals surface area contributed by atoms with Crippen LogP contribution < -0.4 is 10.8 Å². The second-order valence-electron chi connectivity index (χ2n) is 6.99. The van der Waals surface area contributed by atoms with Crippen molar-refractivity contribution in [2.24, 2.45) is 0 Å². The van der Waals surface area contributed by atoms with Crippen LogP contribution in [0.3, 0.4) is 0 Å². The molecule has 1 aromatic rings. The molecule has 0 bridgehead atoms. The molecule has 0 radical (unpaired) electrons. The van der Waals surface area contributed by atoms with Crippen molar-refractivity contribution in [2.75, 3.05) is 0 Å². The van der Waals surface area contributed by atoms with E-state index in [0.717, 1.165) is 12.8 Å². The van der Waals surface area contributed by atoms with Gasteiger partial charge in [0.2, 0.25) is 0 Å². The van der Waals surface area contributed by atoms with Crippen LogP contribution in [0.25, 0.3) is 0 Å². The van der Waals surface area contributed by atoms with E-state index < -0.39 is 7.12 Å². The van der Waals surface area contributed by atoms with E-state index in [1.165, 1.54) is 44.9 Å². The van der Waals surface area contributed by atoms with E-state index in [1.807, 2.05) is 0 Å². The Morgan fingerprint density at radius 2 is 1.27 bits per heavy atom. The van der Waals surface area contributed by atoms with Crippen molar-refractivity contribution in [3.63, 3.8) is 0 Å². The Bertz CT molecular complexity index is 582. The van der Waals surface area contributed by atoms with Crippen LogP contribution in [0.4, 0.5) is 0 Å². The highest BCUT2D eigenvalue weighted by atomic mass is 16.4. The smallest absolute Gasteiger partial charge is 0.423 e. The summed E-state index contributed by atoms with van der Waals surface area (Å²) in [5.74, 6) is -0.0478. The van der Waals surface area contributed by atoms with Gasteiger partial charge in [0.05, 0.1) is 0 Å². The van der Waals surface area contributed by atoms with Crippen LogP contribution >= 0.6 is 0 Å². The highest BCUT2D eigenvalue weighted by Gasteiger charge is 2.14. The van der Waals surface area contributed by atoms with Crippen molar-refractivity contribution < 1.29 is 14.8 Å². The normalized spacial score (nSPS) is 16.2. The van der Waals surface area contributed by atoms with E-state index >= 15 is 0 Å². The third-order valence-electron chi connectivity index (χ3n) is 4.85. The van der Waals surface area contributed by atoms with Gasteiger partial charge in [-0.05, 0) is 30.4 Å². The summed E-state index contributed by atoms with van der Waals surface area (Å²) in [4.78, 5) is 12.7. The van der Waals surface area contributed by atoms with Crippen LogP contribution in [-0.4, -0.2) is 29.1 Å². The Morgan fingerprint density at radius 1 is 0.808 bits per heavy atom. The molecule has 3 N–H and O–H groups in total. The first-order valence-corrected chi connectivity index (χ1v) is 9.77. The van der Waals surface area contributed by atoms with E-state index in [4.69, 9.17) is 0 Å². The average Bonchev–Trinajstić information content (AvgIpc) is 2.64. The third kappa shape index (κ3) is 7.59. The fourth-order valence-electron chi connectivity index (χ4n) is 3.31. The summed E-state index contributed by atoms with van der Waals surface area (Å²) in [7, 11) is -1.51. The molecular formula is C21H30BNO3. The molecule has 0 heterocycles. The van der Waals surface area contributed by atoms with Crippen LogP contribution in [0.2, 0.25) is 0 Å². The number of hydrogen-bond donors (Lipinski definition) is 3. The van der Waals surface area contributed by atoms with Crippen LogP contribution in [0.15, 0.2) is 48.5 Å². The van der Waals surface area contributed by atoms with Crippen molar-refractivity contribution in [3.8, 4) is 0 Å². The topological polar surface area (TPSA) is 69.6 Å². The largest absolute Gasteiger partial charge is 0.488 e. The zero-order valence-electron chi connectivity index (χ0n) is 15.4. The Hall–Kier alpha value is -1.85. The lowest BCUT2D eigenvalue weighted by molar-refractivity contribution is 0.0931. The molecule has 0 saturated heterocycles. The molecule has 0 spiro atoms. The van der Waals surface area contributed by atoms with Gasteiger partial charge in [0.1, 0.15) is 0 Å². The SMILES string of the molecule is O=C(NC1CCCCCCCCC1)c1ccccc(B(O)O)cccc1. The highest BCUT2D eigenvalue weighted by Crippen LogP contribution is 2.17. The Balaban J connectivity index is 2.06. The molecule has 26 heavy (non-hydrogen) atoms. The molecule has 5 heteroatoms. The van der Waals surface area contributed by atoms with Gasteiger partial charge in [0.15, 0.2) is 0 Å². The second kappa shape index (κ2) is 11.7. The fraction of sp³-hybridized carbons (Fsp3) is 0.476. The van der Waals surface area contributed by atoms with Crippen molar-refractivity contribution in [1.82, 2.24) is 5.32 Å². The molecule has 2 rings (SSSR count). The molecule has 1 aliphatic carbocycles. The molecule has 0 unspecified atom stereocenters. The molecule has 1 saturated carbocycles. The molecule has 1 aliphatic rings. The highest BCUT2D eigenvalue weighted by molar-refractivity contribution is 6.58. The summed E-state index contributed by atoms with van der Waals surface area (Å²) >= 11 is 0. The molecular weight excluding hydrogens is 325 g/mol. The summed E-state index contributed by atoms with van der Waals surface area (Å²) in [6.07, 6.45) is 10.9. The standard InChI is InChI=1S/C21H30BNO3/c24-21(23-20-16-6-4-2-1-3-5-7-17-20)18-12-8-10-14-19(22(25)26)15-11-9-13-18/h8-15,20,25-26H,1-7,16-17H2,(H,23,24). The zero-order valence-corrected chi connectivity index (χ0v) is 15.4. The summed E-state index contributed by atoms with van der Waals surface area (Å²) < 4.78 is 0. The number of carbonyl (C=O) groups excluding carboxylic acids is 1. The first-order chi connectivity index (χ1) is 12.7. The van der Waals surface area contributed by atoms with E-state index in [2.05, 4.69) is 5.32 Å². The van der Waals surface area contributed by atoms with Gasteiger partial charge in [0.25, 0.3) is 5.91 Å². The van der Waals surface area contributed by atoms with Crippen LogP contribution in [-0.2, 0) is 0 Å². The van der Waals surface area contributed by atoms with Crippen molar-refractivity contribution >= 4 is 18.5 Å². The summed E-state index contributed by atoms with van der Waals surface area (Å²) in [5, 5.41) is 21.7. The lowest BCUT2D eigenvalue weighted by Crippen LogP contribution is -2.34. The van der Waals surface area contributed by atoms with E-state index in [0.29, 0.717) is 11.0 Å². The minimum Gasteiger partial charge on any atom is -0.423 e. The maximum atomic E-state index is 12.7. The molecule has 140 valence electrons. The molecule has 0 aromatic heterocycles. The first kappa shape index (κ1) is 20.5. The minimum absolute atomic E-state index is 0.0478. The fourth-order valence-corrected chi connectivity index (χ4v) is 3.31. The zero-order chi connectivity index (χ0) is 18.6. The van der Waals surface area contributed by atoms with Gasteiger partial charge in [-0.1, -0.05) is 81.3 Å². The van der Waals surface area contributed by atoms with Gasteiger partial charge in [-0.2, -0.15) is 0 Å². The van der Waals surface area contributed by atoms with Gasteiger partial charge in [0, 0.05) is 11.6 Å². The maximum Gasteiger partial charge on any atom is 0.488 e. The summed E-state index contributed by atoms with van der Waals surface area (Å²) in [6.45, 7) is 0. The maximum absolute atomic E-state index is 12.7. The average molecular weight is 355 g/mol. The minimum atomic E-state index is -1.51. The van der Waals surface area contributed by atoms with Crippen LogP contribution in [0.1, 0.15) is 68.1 Å². The molecule has 1 fully saturated rings. The number of hydrogen-bond acceptors (Lipinski definition) is 3. The van der Waals surface area contributed by atoms with Crippen molar-refractivity contribution in [2.45, 2.75) is 63.8 Å². The second-order valence-corrected chi connectivity index (χ2v) is 6.99. The van der Waals surface area contributed by atoms with E-state index in [-0.39, 0.29) is 11.9 Å². The Morgan fingerprint density at radius 3 is 1.77 bits per heavy atom. The number of rotatable bonds is 3. The first-order valence-electron chi connectivity index (χ1n) is 9.77. The molecule has 4 nitrogen and oxygen atoms in total. The van der Waals surface area contributed by atoms with E-state index in [1.54, 1.807) is 48.5 Å². The summed E-state index contributed by atoms with van der Waals surface area (Å²) in [6, 6.07) is 13.9. The molecule has 1 aromatic carbocycles. The molecule has 1 amide bonds. The van der Waals surface area contributed by atoms with Gasteiger partial charge >= 0.3 is 7.12 Å². The van der Waals surface area contributed by atoms with Gasteiger partial charge in [-0.25, -0.2) is 0 Å². The molecule has 0 atom stereocenters. The van der Waals surface area contributed by atoms with E-state index in [9.17, 15) is 14.8 Å². The lowest BCUT2D eigenvalue weighted by atomic mass is 9.81. The van der Waals surface area contributed by atoms with Crippen LogP contribution in [0, 0.1) is 0 Å². The molecule has 0 aliphatic heterocycles. The van der Waals surface area contributed by atoms with Crippen LogP contribution in [0.5, 0.6) is 0 Å². The quantitative estimate of drug-likeness (QED) is 0.730. The van der Waals surface area contributed by atoms with Gasteiger partial charge in [-0.3, -0.25) is 4.79 Å². The Kier molecular flexibility index (Phi) is 9.22. The number of nitrogens with one attached hydrogen (secondary N) is 1. The van der Waals surface area contributed by atoms with Crippen molar-refractivity contribution in [1.29, 1.82) is 0 Å². The van der Waals surface area contributed by atoms with Gasteiger partial charge in [-0.15, -0.1) is 0 Å².